The van der Waals surface area contributed by atoms with E-state index in [2.05, 4.69) is 20.6 Å². The van der Waals surface area contributed by atoms with Crippen molar-refractivity contribution >= 4 is 22.8 Å². The Kier molecular flexibility index (Phi) is 3.70. The van der Waals surface area contributed by atoms with E-state index in [1.54, 1.807) is 25.2 Å². The van der Waals surface area contributed by atoms with Gasteiger partial charge in [0.1, 0.15) is 0 Å². The molecule has 0 aliphatic carbocycles. The van der Waals surface area contributed by atoms with Gasteiger partial charge in [0, 0.05) is 43.8 Å². The summed E-state index contributed by atoms with van der Waals surface area (Å²) < 4.78 is 0. The molecule has 0 saturated carbocycles. The lowest BCUT2D eigenvalue weighted by Gasteiger charge is -2.12. The number of rotatable bonds is 3. The van der Waals surface area contributed by atoms with Crippen LogP contribution in [0.4, 0.5) is 5.95 Å². The van der Waals surface area contributed by atoms with Gasteiger partial charge in [-0.3, -0.25) is 4.79 Å². The van der Waals surface area contributed by atoms with E-state index in [1.807, 2.05) is 18.2 Å². The number of hydrogen-bond donors (Lipinski definition) is 2. The molecule has 1 amide bonds. The van der Waals surface area contributed by atoms with Crippen molar-refractivity contribution in [2.45, 2.75) is 12.5 Å². The summed E-state index contributed by atoms with van der Waals surface area (Å²) in [6.45, 7) is 1.95. The van der Waals surface area contributed by atoms with Gasteiger partial charge < -0.3 is 15.5 Å². The van der Waals surface area contributed by atoms with Crippen molar-refractivity contribution in [1.82, 2.24) is 20.2 Å². The number of anilines is 1. The Morgan fingerprint density at radius 1 is 1.43 bits per heavy atom. The largest absolute Gasteiger partial charge is 0.350 e. The molecule has 110 valence electrons. The third-order valence-electron chi connectivity index (χ3n) is 3.63. The van der Waals surface area contributed by atoms with E-state index >= 15 is 0 Å². The van der Waals surface area contributed by atoms with E-state index in [4.69, 9.17) is 0 Å². The first-order chi connectivity index (χ1) is 10.1. The fourth-order valence-electron chi connectivity index (χ4n) is 2.44. The Morgan fingerprint density at radius 3 is 3.00 bits per heavy atom. The zero-order chi connectivity index (χ0) is 14.8. The zero-order valence-corrected chi connectivity index (χ0v) is 12.3. The van der Waals surface area contributed by atoms with Crippen LogP contribution in [-0.4, -0.2) is 54.0 Å². The fourth-order valence-corrected chi connectivity index (χ4v) is 2.44. The smallest absolute Gasteiger partial charge is 0.253 e. The molecule has 2 aromatic rings. The molecule has 1 fully saturated rings. The molecule has 0 spiro atoms. The summed E-state index contributed by atoms with van der Waals surface area (Å²) in [4.78, 5) is 22.4. The second kappa shape index (κ2) is 5.65. The van der Waals surface area contributed by atoms with Gasteiger partial charge in [-0.05, 0) is 25.1 Å². The lowest BCUT2D eigenvalue weighted by atomic mass is 10.1. The third kappa shape index (κ3) is 2.95. The molecular weight excluding hydrogens is 266 g/mol. The van der Waals surface area contributed by atoms with Crippen LogP contribution in [0.2, 0.25) is 0 Å². The number of carbonyl (C=O) groups is 1. The van der Waals surface area contributed by atoms with Crippen LogP contribution in [0.3, 0.4) is 0 Å². The topological polar surface area (TPSA) is 70.2 Å². The number of hydrogen-bond acceptors (Lipinski definition) is 5. The third-order valence-corrected chi connectivity index (χ3v) is 3.63. The minimum Gasteiger partial charge on any atom is -0.350 e. The zero-order valence-electron chi connectivity index (χ0n) is 12.3. The van der Waals surface area contributed by atoms with Gasteiger partial charge in [0.25, 0.3) is 5.91 Å². The number of benzene rings is 1. The number of carbonyl (C=O) groups excluding carboxylic acids is 1. The number of amides is 1. The molecule has 0 bridgehead atoms. The molecule has 1 aromatic carbocycles. The van der Waals surface area contributed by atoms with Crippen molar-refractivity contribution < 1.29 is 4.79 Å². The fraction of sp³-hybridized carbons (Fsp3) is 0.400. The lowest BCUT2D eigenvalue weighted by molar-refractivity contribution is 0.0827. The first-order valence-electron chi connectivity index (χ1n) is 7.09. The summed E-state index contributed by atoms with van der Waals surface area (Å²) >= 11 is 0. The Labute approximate surface area is 123 Å². The van der Waals surface area contributed by atoms with Crippen LogP contribution >= 0.6 is 0 Å². The molecule has 1 aromatic heterocycles. The maximum Gasteiger partial charge on any atom is 0.253 e. The maximum atomic E-state index is 12.0. The van der Waals surface area contributed by atoms with E-state index in [9.17, 15) is 4.79 Å². The Balaban J connectivity index is 1.89. The summed E-state index contributed by atoms with van der Waals surface area (Å²) in [6.07, 6.45) is 2.86. The number of nitrogens with one attached hydrogen (secondary N) is 2. The summed E-state index contributed by atoms with van der Waals surface area (Å²) in [5.74, 6) is 0.593. The number of fused-ring (bicyclic) bond motifs is 1. The van der Waals surface area contributed by atoms with Crippen LogP contribution < -0.4 is 10.6 Å². The highest BCUT2D eigenvalue weighted by Gasteiger charge is 2.15. The normalized spacial score (nSPS) is 17.9. The molecule has 2 N–H and O–H groups in total. The van der Waals surface area contributed by atoms with Crippen LogP contribution in [0.1, 0.15) is 16.8 Å². The van der Waals surface area contributed by atoms with E-state index in [1.165, 1.54) is 0 Å². The van der Waals surface area contributed by atoms with Crippen LogP contribution in [0.25, 0.3) is 10.9 Å². The highest BCUT2D eigenvalue weighted by molar-refractivity contribution is 5.97. The predicted molar refractivity (Wildman–Crippen MR) is 82.5 cm³/mol. The van der Waals surface area contributed by atoms with Crippen LogP contribution in [0, 0.1) is 0 Å². The summed E-state index contributed by atoms with van der Waals surface area (Å²) in [7, 11) is 3.49. The van der Waals surface area contributed by atoms with E-state index in [-0.39, 0.29) is 5.91 Å². The molecule has 1 saturated heterocycles. The van der Waals surface area contributed by atoms with Gasteiger partial charge in [-0.25, -0.2) is 9.97 Å². The van der Waals surface area contributed by atoms with Gasteiger partial charge in [0.15, 0.2) is 0 Å². The molecule has 1 aliphatic heterocycles. The van der Waals surface area contributed by atoms with Crippen LogP contribution in [-0.2, 0) is 0 Å². The van der Waals surface area contributed by atoms with Crippen LogP contribution in [0.15, 0.2) is 24.4 Å². The van der Waals surface area contributed by atoms with Crippen LogP contribution in [0.5, 0.6) is 0 Å². The highest BCUT2D eigenvalue weighted by atomic mass is 16.2. The second-order valence-electron chi connectivity index (χ2n) is 5.50. The maximum absolute atomic E-state index is 12.0. The second-order valence-corrected chi connectivity index (χ2v) is 5.50. The van der Waals surface area contributed by atoms with Crippen molar-refractivity contribution in [3.05, 3.63) is 30.0 Å². The first-order valence-corrected chi connectivity index (χ1v) is 7.09. The monoisotopic (exact) mass is 285 g/mol. The van der Waals surface area contributed by atoms with Gasteiger partial charge in [-0.1, -0.05) is 6.07 Å². The Bertz CT molecular complexity index is 664. The standard InChI is InChI=1S/C15H19N5O/c1-20(2)14(21)10-3-4-11-8-17-15(19-13(11)7-10)18-12-5-6-16-9-12/h3-4,7-8,12,16H,5-6,9H2,1-2H3,(H,17,18,19)/t12-/m1/s1. The minimum absolute atomic E-state index is 0.0231. The minimum atomic E-state index is -0.0231. The number of nitrogens with zero attached hydrogens (tertiary/aromatic N) is 3. The lowest BCUT2D eigenvalue weighted by Crippen LogP contribution is -2.23. The van der Waals surface area contributed by atoms with Gasteiger partial charge in [0.2, 0.25) is 5.95 Å². The van der Waals surface area contributed by atoms with Crippen molar-refractivity contribution in [3.8, 4) is 0 Å². The Morgan fingerprint density at radius 2 is 2.29 bits per heavy atom. The average molecular weight is 285 g/mol. The Hall–Kier alpha value is -2.21. The van der Waals surface area contributed by atoms with Gasteiger partial charge in [-0.15, -0.1) is 0 Å². The molecule has 1 atom stereocenters. The predicted octanol–water partition coefficient (Wildman–Crippen LogP) is 1.11. The van der Waals surface area contributed by atoms with Crippen molar-refractivity contribution in [1.29, 1.82) is 0 Å². The molecule has 3 rings (SSSR count). The SMILES string of the molecule is CN(C)C(=O)c1ccc2cnc(N[C@@H]3CCNC3)nc2c1. The highest BCUT2D eigenvalue weighted by Crippen LogP contribution is 2.16. The summed E-state index contributed by atoms with van der Waals surface area (Å²) in [5, 5.41) is 7.55. The van der Waals surface area contributed by atoms with Crippen molar-refractivity contribution in [3.63, 3.8) is 0 Å². The molecule has 6 heteroatoms. The molecular formula is C15H19N5O. The van der Waals surface area contributed by atoms with Crippen molar-refractivity contribution in [2.24, 2.45) is 0 Å². The molecule has 0 unspecified atom stereocenters. The molecule has 6 nitrogen and oxygen atoms in total. The summed E-state index contributed by atoms with van der Waals surface area (Å²) in [5.41, 5.74) is 1.42. The quantitative estimate of drug-likeness (QED) is 0.884. The van der Waals surface area contributed by atoms with Crippen molar-refractivity contribution in [2.75, 3.05) is 32.5 Å². The molecule has 0 radical (unpaired) electrons. The molecule has 2 heterocycles. The average Bonchev–Trinajstić information content (AvgIpc) is 2.98. The van der Waals surface area contributed by atoms with Gasteiger partial charge in [-0.2, -0.15) is 0 Å². The number of aromatic nitrogens is 2. The van der Waals surface area contributed by atoms with Gasteiger partial charge in [0.05, 0.1) is 5.52 Å². The first kappa shape index (κ1) is 13.8. The molecule has 1 aliphatic rings. The molecule has 21 heavy (non-hydrogen) atoms. The van der Waals surface area contributed by atoms with E-state index < -0.39 is 0 Å². The summed E-state index contributed by atoms with van der Waals surface area (Å²) in [6, 6.07) is 5.88. The van der Waals surface area contributed by atoms with E-state index in [0.29, 0.717) is 17.6 Å². The van der Waals surface area contributed by atoms with E-state index in [0.717, 1.165) is 30.4 Å². The van der Waals surface area contributed by atoms with Gasteiger partial charge >= 0.3 is 0 Å².